The Kier molecular flexibility index (Phi) is 8.58. The van der Waals surface area contributed by atoms with Crippen LogP contribution in [0.4, 0.5) is 11.5 Å². The fourth-order valence-corrected chi connectivity index (χ4v) is 4.11. The van der Waals surface area contributed by atoms with Crippen LogP contribution in [-0.2, 0) is 17.8 Å². The van der Waals surface area contributed by atoms with Crippen molar-refractivity contribution < 1.29 is 9.32 Å². The molecule has 178 valence electrons. The Labute approximate surface area is 195 Å². The van der Waals surface area contributed by atoms with Crippen molar-refractivity contribution >= 4 is 28.7 Å². The number of carbonyl (C=O) groups excluding carboxylic acids is 1. The Bertz CT molecular complexity index is 1160. The molecule has 0 fully saturated rings. The largest absolute Gasteiger partial charge is 0.383 e. The Balaban J connectivity index is 1.82. The average Bonchev–Trinajstić information content (AvgIpc) is 3.48. The molecule has 1 amide bonds. The zero-order valence-electron chi connectivity index (χ0n) is 19.0. The van der Waals surface area contributed by atoms with Gasteiger partial charge in [0.2, 0.25) is 17.6 Å². The zero-order chi connectivity index (χ0) is 23.8. The SMILES string of the molecule is CCCCCN(C(=O)CCc1nc(-c2ccsc2)no1)c1c(N)n(CCCC)c(=O)[nH]c1=O. The molecule has 3 N–H and O–H groups in total. The molecule has 0 bridgehead atoms. The summed E-state index contributed by atoms with van der Waals surface area (Å²) in [5.41, 5.74) is 5.90. The number of amides is 1. The van der Waals surface area contributed by atoms with Crippen LogP contribution >= 0.6 is 11.3 Å². The van der Waals surface area contributed by atoms with Gasteiger partial charge in [0.1, 0.15) is 5.82 Å². The highest BCUT2D eigenvalue weighted by atomic mass is 32.1. The number of rotatable bonds is 12. The third-order valence-corrected chi connectivity index (χ3v) is 5.99. The molecule has 3 heterocycles. The van der Waals surface area contributed by atoms with Crippen molar-refractivity contribution in [2.75, 3.05) is 17.2 Å². The van der Waals surface area contributed by atoms with Gasteiger partial charge in [0.15, 0.2) is 5.69 Å². The molecule has 0 aromatic carbocycles. The van der Waals surface area contributed by atoms with E-state index in [2.05, 4.69) is 22.0 Å². The van der Waals surface area contributed by atoms with E-state index >= 15 is 0 Å². The van der Waals surface area contributed by atoms with Crippen LogP contribution in [0.3, 0.4) is 0 Å². The van der Waals surface area contributed by atoms with Gasteiger partial charge in [-0.2, -0.15) is 16.3 Å². The second-order valence-electron chi connectivity index (χ2n) is 7.77. The van der Waals surface area contributed by atoms with Gasteiger partial charge in [-0.25, -0.2) is 4.79 Å². The number of thiophene rings is 1. The van der Waals surface area contributed by atoms with Crippen LogP contribution in [0.15, 0.2) is 30.9 Å². The van der Waals surface area contributed by atoms with Crippen LogP contribution in [0, 0.1) is 0 Å². The summed E-state index contributed by atoms with van der Waals surface area (Å²) >= 11 is 1.53. The van der Waals surface area contributed by atoms with Crippen LogP contribution in [0.25, 0.3) is 11.4 Å². The number of aromatic amines is 1. The lowest BCUT2D eigenvalue weighted by Crippen LogP contribution is -2.41. The van der Waals surface area contributed by atoms with Gasteiger partial charge in [-0.15, -0.1) is 0 Å². The van der Waals surface area contributed by atoms with E-state index in [0.29, 0.717) is 31.2 Å². The summed E-state index contributed by atoms with van der Waals surface area (Å²) in [4.78, 5) is 46.2. The summed E-state index contributed by atoms with van der Waals surface area (Å²) in [6.45, 7) is 4.75. The number of carbonyl (C=O) groups is 1. The predicted octanol–water partition coefficient (Wildman–Crippen LogP) is 3.19. The molecule has 3 rings (SSSR count). The highest BCUT2D eigenvalue weighted by molar-refractivity contribution is 7.08. The number of hydrogen-bond donors (Lipinski definition) is 2. The van der Waals surface area contributed by atoms with Crippen molar-refractivity contribution in [3.63, 3.8) is 0 Å². The molecule has 0 atom stereocenters. The number of unbranched alkanes of at least 4 members (excludes halogenated alkanes) is 3. The summed E-state index contributed by atoms with van der Waals surface area (Å²) in [5.74, 6) is 0.536. The number of H-pyrrole nitrogens is 1. The molecule has 0 saturated carbocycles. The van der Waals surface area contributed by atoms with Crippen molar-refractivity contribution in [3.8, 4) is 11.4 Å². The maximum Gasteiger partial charge on any atom is 0.330 e. The quantitative estimate of drug-likeness (QED) is 0.384. The first kappa shape index (κ1) is 24.4. The third kappa shape index (κ3) is 5.98. The van der Waals surface area contributed by atoms with Crippen LogP contribution in [0.5, 0.6) is 0 Å². The number of hydrogen-bond acceptors (Lipinski definition) is 8. The topological polar surface area (TPSA) is 140 Å². The summed E-state index contributed by atoms with van der Waals surface area (Å²) in [6.07, 6.45) is 4.43. The van der Waals surface area contributed by atoms with Crippen LogP contribution in [0.1, 0.15) is 58.3 Å². The smallest absolute Gasteiger partial charge is 0.330 e. The maximum absolute atomic E-state index is 13.2. The van der Waals surface area contributed by atoms with Gasteiger partial charge in [0, 0.05) is 36.9 Å². The molecule has 11 heteroatoms. The Morgan fingerprint density at radius 1 is 1.24 bits per heavy atom. The van der Waals surface area contributed by atoms with Crippen molar-refractivity contribution in [3.05, 3.63) is 43.6 Å². The normalized spacial score (nSPS) is 11.1. The number of nitrogens with one attached hydrogen (secondary N) is 1. The van der Waals surface area contributed by atoms with Gasteiger partial charge in [-0.1, -0.05) is 38.3 Å². The standard InChI is InChI=1S/C22H30N6O4S/c1-3-5-7-12-27(18-19(23)28(11-6-4-2)22(31)25-21(18)30)17(29)9-8-16-24-20(26-32-16)15-10-13-33-14-15/h10,13-14H,3-9,11-12,23H2,1-2H3,(H,25,30,31). The summed E-state index contributed by atoms with van der Waals surface area (Å²) < 4.78 is 6.61. The number of aryl methyl sites for hydroxylation is 1. The monoisotopic (exact) mass is 474 g/mol. The molecule has 10 nitrogen and oxygen atoms in total. The first-order valence-corrected chi connectivity index (χ1v) is 12.2. The minimum Gasteiger partial charge on any atom is -0.383 e. The summed E-state index contributed by atoms with van der Waals surface area (Å²) in [5, 5.41) is 7.80. The highest BCUT2D eigenvalue weighted by Gasteiger charge is 2.24. The number of anilines is 2. The van der Waals surface area contributed by atoms with E-state index < -0.39 is 11.2 Å². The molecule has 0 spiro atoms. The molecule has 0 radical (unpaired) electrons. The summed E-state index contributed by atoms with van der Waals surface area (Å²) in [7, 11) is 0. The van der Waals surface area contributed by atoms with E-state index in [0.717, 1.165) is 31.2 Å². The lowest BCUT2D eigenvalue weighted by atomic mass is 10.2. The summed E-state index contributed by atoms with van der Waals surface area (Å²) in [6, 6.07) is 1.89. The lowest BCUT2D eigenvalue weighted by molar-refractivity contribution is -0.118. The molecule has 0 unspecified atom stereocenters. The lowest BCUT2D eigenvalue weighted by Gasteiger charge is -2.24. The van der Waals surface area contributed by atoms with E-state index in [1.165, 1.54) is 20.8 Å². The fraction of sp³-hybridized carbons (Fsp3) is 0.500. The second kappa shape index (κ2) is 11.6. The number of nitrogen functional groups attached to an aromatic ring is 1. The molecule has 3 aromatic rings. The molecular formula is C22H30N6O4S. The van der Waals surface area contributed by atoms with Crippen molar-refractivity contribution in [2.45, 2.75) is 65.3 Å². The number of nitrogens with two attached hydrogens (primary N) is 1. The van der Waals surface area contributed by atoms with E-state index in [4.69, 9.17) is 10.3 Å². The molecule has 3 aromatic heterocycles. The molecular weight excluding hydrogens is 444 g/mol. The molecule has 0 aliphatic carbocycles. The Morgan fingerprint density at radius 3 is 2.73 bits per heavy atom. The van der Waals surface area contributed by atoms with Crippen LogP contribution in [0.2, 0.25) is 0 Å². The maximum atomic E-state index is 13.2. The highest BCUT2D eigenvalue weighted by Crippen LogP contribution is 2.21. The number of nitrogens with zero attached hydrogens (tertiary/aromatic N) is 4. The second-order valence-corrected chi connectivity index (χ2v) is 8.55. The minimum absolute atomic E-state index is 0.0135. The van der Waals surface area contributed by atoms with Gasteiger partial charge < -0.3 is 15.2 Å². The van der Waals surface area contributed by atoms with Crippen LogP contribution in [-0.4, -0.2) is 32.1 Å². The Morgan fingerprint density at radius 2 is 2.03 bits per heavy atom. The number of aromatic nitrogens is 4. The van der Waals surface area contributed by atoms with Gasteiger partial charge in [-0.3, -0.25) is 19.1 Å². The average molecular weight is 475 g/mol. The van der Waals surface area contributed by atoms with Gasteiger partial charge in [-0.05, 0) is 24.3 Å². The van der Waals surface area contributed by atoms with Crippen molar-refractivity contribution in [2.24, 2.45) is 0 Å². The third-order valence-electron chi connectivity index (χ3n) is 5.31. The van der Waals surface area contributed by atoms with Crippen molar-refractivity contribution in [1.29, 1.82) is 0 Å². The van der Waals surface area contributed by atoms with Gasteiger partial charge in [0.25, 0.3) is 5.56 Å². The fourth-order valence-electron chi connectivity index (χ4n) is 3.47. The first-order valence-electron chi connectivity index (χ1n) is 11.2. The van der Waals surface area contributed by atoms with Crippen molar-refractivity contribution in [1.82, 2.24) is 19.7 Å². The molecule has 33 heavy (non-hydrogen) atoms. The van der Waals surface area contributed by atoms with Gasteiger partial charge >= 0.3 is 5.69 Å². The molecule has 0 aliphatic heterocycles. The Hall–Kier alpha value is -3.21. The van der Waals surface area contributed by atoms with E-state index in [1.807, 2.05) is 23.8 Å². The van der Waals surface area contributed by atoms with Gasteiger partial charge in [0.05, 0.1) is 0 Å². The van der Waals surface area contributed by atoms with E-state index in [1.54, 1.807) is 0 Å². The predicted molar refractivity (Wildman–Crippen MR) is 128 cm³/mol. The minimum atomic E-state index is -0.660. The molecule has 0 saturated heterocycles. The zero-order valence-corrected chi connectivity index (χ0v) is 19.8. The van der Waals surface area contributed by atoms with Crippen LogP contribution < -0.4 is 21.9 Å². The molecule has 0 aliphatic rings. The first-order chi connectivity index (χ1) is 16.0. The van der Waals surface area contributed by atoms with E-state index in [-0.39, 0.29) is 30.3 Å². The van der Waals surface area contributed by atoms with E-state index in [9.17, 15) is 14.4 Å².